The molecule has 0 aliphatic carbocycles. The lowest BCUT2D eigenvalue weighted by molar-refractivity contribution is 0.629. The number of nitrogens with two attached hydrogens (primary N) is 1. The van der Waals surface area contributed by atoms with Crippen molar-refractivity contribution in [3.05, 3.63) is 40.8 Å². The number of anilines is 1. The van der Waals surface area contributed by atoms with Gasteiger partial charge in [0.15, 0.2) is 0 Å². The first-order valence-corrected chi connectivity index (χ1v) is 7.73. The van der Waals surface area contributed by atoms with Crippen LogP contribution in [0.2, 0.25) is 0 Å². The summed E-state index contributed by atoms with van der Waals surface area (Å²) in [7, 11) is 0. The van der Waals surface area contributed by atoms with E-state index in [1.54, 1.807) is 24.4 Å². The van der Waals surface area contributed by atoms with Gasteiger partial charge in [-0.1, -0.05) is 15.9 Å². The number of aromatic nitrogens is 2. The summed E-state index contributed by atoms with van der Waals surface area (Å²) in [6.45, 7) is 1.48. The largest absolute Gasteiger partial charge is 0.337 e. The highest BCUT2D eigenvalue weighted by Crippen LogP contribution is 2.27. The fourth-order valence-corrected chi connectivity index (χ4v) is 3.01. The zero-order valence-corrected chi connectivity index (χ0v) is 13.1. The van der Waals surface area contributed by atoms with Crippen LogP contribution < -0.4 is 10.6 Å². The Morgan fingerprint density at radius 2 is 2.24 bits per heavy atom. The second-order valence-electron chi connectivity index (χ2n) is 5.09. The molecule has 0 amide bonds. The van der Waals surface area contributed by atoms with Crippen molar-refractivity contribution in [1.29, 1.82) is 0 Å². The quantitative estimate of drug-likeness (QED) is 0.924. The minimum Gasteiger partial charge on any atom is -0.337 e. The van der Waals surface area contributed by atoms with Crippen LogP contribution in [0.3, 0.4) is 0 Å². The Morgan fingerprint density at radius 3 is 3.00 bits per heavy atom. The molecule has 6 heteroatoms. The maximum absolute atomic E-state index is 14.1. The van der Waals surface area contributed by atoms with Crippen LogP contribution in [0.4, 0.5) is 10.3 Å². The van der Waals surface area contributed by atoms with Gasteiger partial charge in [-0.05, 0) is 37.1 Å². The minimum atomic E-state index is -0.300. The summed E-state index contributed by atoms with van der Waals surface area (Å²) < 4.78 is 14.8. The van der Waals surface area contributed by atoms with Crippen molar-refractivity contribution in [2.75, 3.05) is 18.0 Å². The maximum atomic E-state index is 14.1. The van der Waals surface area contributed by atoms with Gasteiger partial charge in [0.25, 0.3) is 0 Å². The Morgan fingerprint density at radius 1 is 1.38 bits per heavy atom. The molecule has 1 aromatic heterocycles. The lowest BCUT2D eigenvalue weighted by atomic mass is 10.1. The predicted molar refractivity (Wildman–Crippen MR) is 84.5 cm³/mol. The molecule has 3 rings (SSSR count). The Hall–Kier alpha value is -1.53. The first-order valence-electron chi connectivity index (χ1n) is 6.94. The highest BCUT2D eigenvalue weighted by atomic mass is 79.9. The van der Waals surface area contributed by atoms with Gasteiger partial charge in [-0.15, -0.1) is 0 Å². The van der Waals surface area contributed by atoms with Gasteiger partial charge in [0.05, 0.1) is 5.69 Å². The van der Waals surface area contributed by atoms with E-state index in [9.17, 15) is 4.39 Å². The van der Waals surface area contributed by atoms with Gasteiger partial charge in [0.2, 0.25) is 5.95 Å². The lowest BCUT2D eigenvalue weighted by Gasteiger charge is -2.23. The Labute approximate surface area is 131 Å². The zero-order chi connectivity index (χ0) is 14.8. The average Bonchev–Trinajstić information content (AvgIpc) is 2.96. The van der Waals surface area contributed by atoms with Gasteiger partial charge in [0.1, 0.15) is 5.82 Å². The van der Waals surface area contributed by atoms with Crippen LogP contribution in [0.15, 0.2) is 34.9 Å². The molecule has 1 aromatic carbocycles. The summed E-state index contributed by atoms with van der Waals surface area (Å²) in [4.78, 5) is 10.9. The van der Waals surface area contributed by atoms with E-state index in [4.69, 9.17) is 5.73 Å². The third-order valence-electron chi connectivity index (χ3n) is 3.76. The van der Waals surface area contributed by atoms with Crippen LogP contribution in [-0.2, 0) is 0 Å². The van der Waals surface area contributed by atoms with Gasteiger partial charge in [0, 0.05) is 35.4 Å². The molecule has 1 fully saturated rings. The van der Waals surface area contributed by atoms with Gasteiger partial charge in [-0.25, -0.2) is 14.4 Å². The molecular weight excluding hydrogens is 335 g/mol. The first kappa shape index (κ1) is 14.4. The van der Waals surface area contributed by atoms with E-state index in [-0.39, 0.29) is 11.9 Å². The van der Waals surface area contributed by atoms with Gasteiger partial charge in [-0.3, -0.25) is 0 Å². The number of rotatable bonds is 3. The van der Waals surface area contributed by atoms with E-state index < -0.39 is 0 Å². The molecule has 2 aromatic rings. The standard InChI is InChI=1S/C15H16BrFN4/c16-10-3-4-12(13(17)8-10)14-5-6-19-15(20-14)21-7-1-2-11(21)9-18/h3-6,8,11H,1-2,7,9,18H2. The zero-order valence-electron chi connectivity index (χ0n) is 11.5. The fourth-order valence-electron chi connectivity index (χ4n) is 2.68. The summed E-state index contributed by atoms with van der Waals surface area (Å²) in [5.74, 6) is 0.327. The van der Waals surface area contributed by atoms with Crippen LogP contribution in [0.5, 0.6) is 0 Å². The maximum Gasteiger partial charge on any atom is 0.226 e. The summed E-state index contributed by atoms with van der Waals surface area (Å²) in [6, 6.07) is 6.96. The van der Waals surface area contributed by atoms with E-state index in [1.165, 1.54) is 6.07 Å². The molecule has 1 aliphatic rings. The van der Waals surface area contributed by atoms with E-state index in [0.29, 0.717) is 28.2 Å². The van der Waals surface area contributed by atoms with Crippen molar-refractivity contribution >= 4 is 21.9 Å². The normalized spacial score (nSPS) is 18.2. The van der Waals surface area contributed by atoms with Crippen molar-refractivity contribution in [1.82, 2.24) is 9.97 Å². The second-order valence-corrected chi connectivity index (χ2v) is 6.01. The summed E-state index contributed by atoms with van der Waals surface area (Å²) in [5.41, 5.74) is 6.86. The van der Waals surface area contributed by atoms with Crippen molar-refractivity contribution in [3.8, 4) is 11.3 Å². The third kappa shape index (κ3) is 2.91. The van der Waals surface area contributed by atoms with E-state index in [1.807, 2.05) is 0 Å². The van der Waals surface area contributed by atoms with Crippen LogP contribution in [-0.4, -0.2) is 29.1 Å². The molecule has 0 bridgehead atoms. The number of nitrogens with zero attached hydrogens (tertiary/aromatic N) is 3. The summed E-state index contributed by atoms with van der Waals surface area (Å²) >= 11 is 3.26. The number of hydrogen-bond acceptors (Lipinski definition) is 4. The highest BCUT2D eigenvalue weighted by molar-refractivity contribution is 9.10. The fraction of sp³-hybridized carbons (Fsp3) is 0.333. The number of halogens is 2. The molecule has 2 N–H and O–H groups in total. The van der Waals surface area contributed by atoms with Crippen LogP contribution >= 0.6 is 15.9 Å². The van der Waals surface area contributed by atoms with Crippen molar-refractivity contribution in [3.63, 3.8) is 0 Å². The van der Waals surface area contributed by atoms with E-state index in [0.717, 1.165) is 19.4 Å². The van der Waals surface area contributed by atoms with Crippen LogP contribution in [0, 0.1) is 5.82 Å². The molecule has 0 spiro atoms. The molecule has 0 saturated carbocycles. The Bertz CT molecular complexity index is 649. The van der Waals surface area contributed by atoms with E-state index >= 15 is 0 Å². The lowest BCUT2D eigenvalue weighted by Crippen LogP contribution is -2.36. The summed E-state index contributed by atoms with van der Waals surface area (Å²) in [5, 5.41) is 0. The Kier molecular flexibility index (Phi) is 4.17. The van der Waals surface area contributed by atoms with Gasteiger partial charge >= 0.3 is 0 Å². The minimum absolute atomic E-state index is 0.273. The van der Waals surface area contributed by atoms with Crippen LogP contribution in [0.25, 0.3) is 11.3 Å². The molecule has 21 heavy (non-hydrogen) atoms. The second kappa shape index (κ2) is 6.07. The van der Waals surface area contributed by atoms with Gasteiger partial charge in [-0.2, -0.15) is 0 Å². The highest BCUT2D eigenvalue weighted by Gasteiger charge is 2.25. The molecular formula is C15H16BrFN4. The number of benzene rings is 1. The van der Waals surface area contributed by atoms with Crippen molar-refractivity contribution in [2.24, 2.45) is 5.73 Å². The average molecular weight is 351 g/mol. The summed E-state index contributed by atoms with van der Waals surface area (Å²) in [6.07, 6.45) is 3.81. The van der Waals surface area contributed by atoms with Crippen molar-refractivity contribution in [2.45, 2.75) is 18.9 Å². The van der Waals surface area contributed by atoms with E-state index in [2.05, 4.69) is 30.8 Å². The molecule has 2 heterocycles. The molecule has 1 aliphatic heterocycles. The smallest absolute Gasteiger partial charge is 0.226 e. The topological polar surface area (TPSA) is 55.0 Å². The SMILES string of the molecule is NCC1CCCN1c1nccc(-c2ccc(Br)cc2F)n1. The third-order valence-corrected chi connectivity index (χ3v) is 4.25. The molecule has 1 saturated heterocycles. The molecule has 0 radical (unpaired) electrons. The monoisotopic (exact) mass is 350 g/mol. The molecule has 4 nitrogen and oxygen atoms in total. The molecule has 1 atom stereocenters. The van der Waals surface area contributed by atoms with Crippen molar-refractivity contribution < 1.29 is 4.39 Å². The Balaban J connectivity index is 1.96. The molecule has 110 valence electrons. The van der Waals surface area contributed by atoms with Crippen LogP contribution in [0.1, 0.15) is 12.8 Å². The first-order chi connectivity index (χ1) is 10.2. The molecule has 1 unspecified atom stereocenters. The number of hydrogen-bond donors (Lipinski definition) is 1. The van der Waals surface area contributed by atoms with Gasteiger partial charge < -0.3 is 10.6 Å². The predicted octanol–water partition coefficient (Wildman–Crippen LogP) is 2.97.